The summed E-state index contributed by atoms with van der Waals surface area (Å²) in [5.74, 6) is -2.46. The fourth-order valence-corrected chi connectivity index (χ4v) is 5.18. The molecule has 0 radical (unpaired) electrons. The van der Waals surface area contributed by atoms with Crippen molar-refractivity contribution >= 4 is 15.9 Å². The van der Waals surface area contributed by atoms with Crippen LogP contribution in [0.4, 0.5) is 8.78 Å². The second-order valence-electron chi connectivity index (χ2n) is 7.58. The molecule has 0 bridgehead atoms. The van der Waals surface area contributed by atoms with Gasteiger partial charge in [0.05, 0.1) is 10.8 Å². The van der Waals surface area contributed by atoms with Gasteiger partial charge in [0.1, 0.15) is 0 Å². The van der Waals surface area contributed by atoms with E-state index >= 15 is 0 Å². The second kappa shape index (κ2) is 9.22. The van der Waals surface area contributed by atoms with Gasteiger partial charge in [0.2, 0.25) is 15.9 Å². The van der Waals surface area contributed by atoms with Gasteiger partial charge in [-0.2, -0.15) is 4.31 Å². The van der Waals surface area contributed by atoms with Crippen LogP contribution in [0.1, 0.15) is 31.7 Å². The van der Waals surface area contributed by atoms with Crippen LogP contribution in [0.5, 0.6) is 0 Å². The van der Waals surface area contributed by atoms with Gasteiger partial charge in [-0.15, -0.1) is 0 Å². The largest absolute Gasteiger partial charge is 0.340 e. The maximum absolute atomic E-state index is 13.5. The Labute approximate surface area is 176 Å². The van der Waals surface area contributed by atoms with Crippen molar-refractivity contribution in [2.45, 2.75) is 31.1 Å². The number of piperazine rings is 1. The molecular formula is C22H26F2N2O3S. The number of halogens is 2. The lowest BCUT2D eigenvalue weighted by molar-refractivity contribution is -0.135. The van der Waals surface area contributed by atoms with Crippen LogP contribution in [-0.4, -0.2) is 49.7 Å². The van der Waals surface area contributed by atoms with Gasteiger partial charge in [-0.1, -0.05) is 50.6 Å². The van der Waals surface area contributed by atoms with E-state index in [1.165, 1.54) is 4.31 Å². The van der Waals surface area contributed by atoms with Gasteiger partial charge < -0.3 is 4.90 Å². The minimum absolute atomic E-state index is 0.0135. The first-order valence-corrected chi connectivity index (χ1v) is 11.5. The average molecular weight is 437 g/mol. The van der Waals surface area contributed by atoms with Gasteiger partial charge in [-0.25, -0.2) is 17.2 Å². The summed E-state index contributed by atoms with van der Waals surface area (Å²) < 4.78 is 53.4. The number of amides is 1. The topological polar surface area (TPSA) is 57.7 Å². The molecule has 1 aliphatic rings. The van der Waals surface area contributed by atoms with Gasteiger partial charge in [0.25, 0.3) is 0 Å². The van der Waals surface area contributed by atoms with E-state index in [-0.39, 0.29) is 48.8 Å². The van der Waals surface area contributed by atoms with E-state index in [2.05, 4.69) is 0 Å². The highest BCUT2D eigenvalue weighted by molar-refractivity contribution is 7.89. The average Bonchev–Trinajstić information content (AvgIpc) is 2.76. The molecule has 8 heteroatoms. The van der Waals surface area contributed by atoms with Crippen molar-refractivity contribution in [1.29, 1.82) is 0 Å². The molecule has 3 rings (SSSR count). The monoisotopic (exact) mass is 436 g/mol. The number of hydrogen-bond acceptors (Lipinski definition) is 3. The number of hydrogen-bond donors (Lipinski definition) is 0. The molecule has 0 aromatic heterocycles. The Bertz CT molecular complexity index is 991. The van der Waals surface area contributed by atoms with E-state index in [0.29, 0.717) is 6.07 Å². The molecule has 2 aromatic rings. The van der Waals surface area contributed by atoms with Crippen LogP contribution in [0.2, 0.25) is 0 Å². The van der Waals surface area contributed by atoms with Crippen LogP contribution in [0.15, 0.2) is 53.4 Å². The molecule has 1 saturated heterocycles. The Hall–Kier alpha value is -2.32. The zero-order chi connectivity index (χ0) is 21.9. The minimum atomic E-state index is -3.96. The zero-order valence-electron chi connectivity index (χ0n) is 17.1. The first-order chi connectivity index (χ1) is 14.3. The molecule has 1 heterocycles. The molecule has 0 spiro atoms. The summed E-state index contributed by atoms with van der Waals surface area (Å²) in [7, 11) is -3.96. The van der Waals surface area contributed by atoms with Crippen molar-refractivity contribution in [2.75, 3.05) is 26.2 Å². The molecule has 1 fully saturated rings. The number of carbonyl (C=O) groups is 1. The van der Waals surface area contributed by atoms with Crippen LogP contribution in [0, 0.1) is 17.6 Å². The molecular weight excluding hydrogens is 410 g/mol. The van der Waals surface area contributed by atoms with E-state index < -0.39 is 21.7 Å². The fourth-order valence-electron chi connectivity index (χ4n) is 3.74. The smallest absolute Gasteiger partial charge is 0.243 e. The number of rotatable bonds is 6. The van der Waals surface area contributed by atoms with Gasteiger partial charge in [0, 0.05) is 26.2 Å². The molecule has 1 amide bonds. The second-order valence-corrected chi connectivity index (χ2v) is 9.52. The summed E-state index contributed by atoms with van der Waals surface area (Å²) in [6, 6.07) is 12.2. The molecule has 30 heavy (non-hydrogen) atoms. The lowest BCUT2D eigenvalue weighted by atomic mass is 9.84. The van der Waals surface area contributed by atoms with Crippen LogP contribution >= 0.6 is 0 Å². The van der Waals surface area contributed by atoms with E-state index in [0.717, 1.165) is 24.1 Å². The number of carbonyl (C=O) groups excluding carboxylic acids is 1. The highest BCUT2D eigenvalue weighted by atomic mass is 32.2. The Morgan fingerprint density at radius 2 is 1.63 bits per heavy atom. The molecule has 2 unspecified atom stereocenters. The summed E-state index contributed by atoms with van der Waals surface area (Å²) in [6.45, 7) is 4.80. The minimum Gasteiger partial charge on any atom is -0.340 e. The highest BCUT2D eigenvalue weighted by Crippen LogP contribution is 2.30. The maximum Gasteiger partial charge on any atom is 0.243 e. The SMILES string of the molecule is CCC(C)C(C(=O)N1CCN(S(=O)(=O)c2ccc(F)c(F)c2)CC1)c1ccccc1. The summed E-state index contributed by atoms with van der Waals surface area (Å²) in [4.78, 5) is 14.7. The third-order valence-electron chi connectivity index (χ3n) is 5.72. The fraction of sp³-hybridized carbons (Fsp3) is 0.409. The first kappa shape index (κ1) is 22.4. The van der Waals surface area contributed by atoms with Crippen LogP contribution < -0.4 is 0 Å². The van der Waals surface area contributed by atoms with Crippen molar-refractivity contribution in [3.63, 3.8) is 0 Å². The standard InChI is InChI=1S/C22H26F2N2O3S/c1-3-16(2)21(17-7-5-4-6-8-17)22(27)25-11-13-26(14-12-25)30(28,29)18-9-10-19(23)20(24)15-18/h4-10,15-16,21H,3,11-14H2,1-2H3. The van der Waals surface area contributed by atoms with Crippen molar-refractivity contribution < 1.29 is 22.0 Å². The summed E-state index contributed by atoms with van der Waals surface area (Å²) in [5, 5.41) is 0. The van der Waals surface area contributed by atoms with Crippen molar-refractivity contribution in [1.82, 2.24) is 9.21 Å². The van der Waals surface area contributed by atoms with E-state index in [4.69, 9.17) is 0 Å². The molecule has 0 N–H and O–H groups in total. The van der Waals surface area contributed by atoms with Crippen LogP contribution in [0.3, 0.4) is 0 Å². The Balaban J connectivity index is 1.73. The Morgan fingerprint density at radius 3 is 2.20 bits per heavy atom. The maximum atomic E-state index is 13.5. The summed E-state index contributed by atoms with van der Waals surface area (Å²) >= 11 is 0. The van der Waals surface area contributed by atoms with Crippen LogP contribution in [-0.2, 0) is 14.8 Å². The molecule has 0 saturated carbocycles. The lowest BCUT2D eigenvalue weighted by Crippen LogP contribution is -2.52. The first-order valence-electron chi connectivity index (χ1n) is 10.0. The third-order valence-corrected chi connectivity index (χ3v) is 7.61. The normalized spacial score (nSPS) is 17.5. The van der Waals surface area contributed by atoms with Crippen LogP contribution in [0.25, 0.3) is 0 Å². The Morgan fingerprint density at radius 1 is 1.00 bits per heavy atom. The predicted octanol–water partition coefficient (Wildman–Crippen LogP) is 3.63. The van der Waals surface area contributed by atoms with Crippen molar-refractivity contribution in [3.8, 4) is 0 Å². The van der Waals surface area contributed by atoms with Crippen molar-refractivity contribution in [2.24, 2.45) is 5.92 Å². The highest BCUT2D eigenvalue weighted by Gasteiger charge is 2.35. The number of sulfonamides is 1. The molecule has 1 aliphatic heterocycles. The lowest BCUT2D eigenvalue weighted by Gasteiger charge is -2.37. The summed E-state index contributed by atoms with van der Waals surface area (Å²) in [6.07, 6.45) is 0.843. The van der Waals surface area contributed by atoms with Gasteiger partial charge in [0.15, 0.2) is 11.6 Å². The zero-order valence-corrected chi connectivity index (χ0v) is 17.9. The van der Waals surface area contributed by atoms with E-state index in [9.17, 15) is 22.0 Å². The molecule has 162 valence electrons. The van der Waals surface area contributed by atoms with Gasteiger partial charge >= 0.3 is 0 Å². The van der Waals surface area contributed by atoms with E-state index in [1.807, 2.05) is 44.2 Å². The Kier molecular flexibility index (Phi) is 6.88. The number of benzene rings is 2. The van der Waals surface area contributed by atoms with Gasteiger partial charge in [-0.05, 0) is 29.7 Å². The summed E-state index contributed by atoms with van der Waals surface area (Å²) in [5.41, 5.74) is 0.952. The molecule has 0 aliphatic carbocycles. The molecule has 2 atom stereocenters. The van der Waals surface area contributed by atoms with E-state index in [1.54, 1.807) is 4.90 Å². The number of nitrogens with zero attached hydrogens (tertiary/aromatic N) is 2. The molecule has 5 nitrogen and oxygen atoms in total. The van der Waals surface area contributed by atoms with Crippen molar-refractivity contribution in [3.05, 3.63) is 65.7 Å². The predicted molar refractivity (Wildman–Crippen MR) is 110 cm³/mol. The quantitative estimate of drug-likeness (QED) is 0.695. The van der Waals surface area contributed by atoms with Gasteiger partial charge in [-0.3, -0.25) is 4.79 Å². The molecule has 2 aromatic carbocycles. The third kappa shape index (κ3) is 4.54.